The molecule has 108 valence electrons. The summed E-state index contributed by atoms with van der Waals surface area (Å²) in [5, 5.41) is 0. The van der Waals surface area contributed by atoms with E-state index in [0.717, 1.165) is 30.5 Å². The fraction of sp³-hybridized carbons (Fsp3) is 0.333. The molecule has 6 heteroatoms. The van der Waals surface area contributed by atoms with Crippen molar-refractivity contribution in [1.82, 2.24) is 14.5 Å². The second-order valence-electron chi connectivity index (χ2n) is 5.00. The maximum atomic E-state index is 12.3. The van der Waals surface area contributed by atoms with Gasteiger partial charge in [0, 0.05) is 18.8 Å². The van der Waals surface area contributed by atoms with Gasteiger partial charge in [0.1, 0.15) is 5.69 Å². The molecule has 0 radical (unpaired) electrons. The minimum absolute atomic E-state index is 0.00801. The summed E-state index contributed by atoms with van der Waals surface area (Å²) in [6.07, 6.45) is 4.03. The van der Waals surface area contributed by atoms with E-state index >= 15 is 0 Å². The van der Waals surface area contributed by atoms with Gasteiger partial charge in [-0.3, -0.25) is 14.3 Å². The lowest BCUT2D eigenvalue weighted by Crippen LogP contribution is -2.24. The zero-order valence-corrected chi connectivity index (χ0v) is 11.9. The van der Waals surface area contributed by atoms with Crippen LogP contribution in [0, 0.1) is 0 Å². The van der Waals surface area contributed by atoms with Crippen LogP contribution < -0.4 is 5.56 Å². The lowest BCUT2D eigenvalue weighted by atomic mass is 10.2. The molecule has 21 heavy (non-hydrogen) atoms. The van der Waals surface area contributed by atoms with E-state index in [1.165, 1.54) is 17.9 Å². The van der Waals surface area contributed by atoms with Crippen LogP contribution in [-0.4, -0.2) is 27.6 Å². The molecular formula is C15H15N3O3. The Hall–Kier alpha value is -2.50. The smallest absolute Gasteiger partial charge is 0.339 e. The van der Waals surface area contributed by atoms with Crippen LogP contribution in [0.3, 0.4) is 0 Å². The Labute approximate surface area is 121 Å². The zero-order chi connectivity index (χ0) is 15.0. The molecule has 0 bridgehead atoms. The normalized spacial score (nSPS) is 13.0. The van der Waals surface area contributed by atoms with Gasteiger partial charge in [0.05, 0.1) is 18.4 Å². The van der Waals surface area contributed by atoms with Crippen molar-refractivity contribution in [3.8, 4) is 11.5 Å². The molecule has 0 N–H and O–H groups in total. The Bertz CT molecular complexity index is 763. The first-order valence-corrected chi connectivity index (χ1v) is 6.75. The van der Waals surface area contributed by atoms with Gasteiger partial charge in [-0.15, -0.1) is 0 Å². The third-order valence-corrected chi connectivity index (χ3v) is 3.72. The Kier molecular flexibility index (Phi) is 3.29. The minimum atomic E-state index is -0.440. The predicted octanol–water partition coefficient (Wildman–Crippen LogP) is 1.12. The van der Waals surface area contributed by atoms with Crippen LogP contribution >= 0.6 is 0 Å². The molecule has 0 unspecified atom stereocenters. The van der Waals surface area contributed by atoms with Crippen molar-refractivity contribution < 1.29 is 9.53 Å². The summed E-state index contributed by atoms with van der Waals surface area (Å²) in [6.45, 7) is 0. The van der Waals surface area contributed by atoms with Crippen LogP contribution in [0.1, 0.15) is 28.0 Å². The molecule has 2 heterocycles. The van der Waals surface area contributed by atoms with Crippen molar-refractivity contribution in [3.05, 3.63) is 45.5 Å². The first-order chi connectivity index (χ1) is 10.1. The second kappa shape index (κ2) is 5.12. The van der Waals surface area contributed by atoms with Gasteiger partial charge < -0.3 is 4.74 Å². The number of fused-ring (bicyclic) bond motifs is 1. The van der Waals surface area contributed by atoms with Gasteiger partial charge in [-0.1, -0.05) is 0 Å². The van der Waals surface area contributed by atoms with E-state index in [-0.39, 0.29) is 5.56 Å². The zero-order valence-electron chi connectivity index (χ0n) is 11.9. The van der Waals surface area contributed by atoms with Gasteiger partial charge in [0.25, 0.3) is 5.56 Å². The average molecular weight is 285 g/mol. The number of methoxy groups -OCH3 is 1. The van der Waals surface area contributed by atoms with Gasteiger partial charge in [0.2, 0.25) is 0 Å². The summed E-state index contributed by atoms with van der Waals surface area (Å²) < 4.78 is 6.15. The number of carbonyl (C=O) groups is 1. The lowest BCUT2D eigenvalue weighted by Gasteiger charge is -2.09. The first-order valence-electron chi connectivity index (χ1n) is 6.75. The molecule has 3 rings (SSSR count). The predicted molar refractivity (Wildman–Crippen MR) is 76.1 cm³/mol. The van der Waals surface area contributed by atoms with Crippen LogP contribution in [-0.2, 0) is 24.6 Å². The number of carbonyl (C=O) groups excluding carboxylic acids is 1. The highest BCUT2D eigenvalue weighted by Gasteiger charge is 2.20. The topological polar surface area (TPSA) is 74.1 Å². The molecule has 1 aliphatic rings. The van der Waals surface area contributed by atoms with Gasteiger partial charge in [-0.05, 0) is 31.4 Å². The Morgan fingerprint density at radius 1 is 1.33 bits per heavy atom. The fourth-order valence-corrected chi connectivity index (χ4v) is 2.58. The van der Waals surface area contributed by atoms with Crippen molar-refractivity contribution >= 4 is 5.97 Å². The monoisotopic (exact) mass is 285 g/mol. The van der Waals surface area contributed by atoms with E-state index in [1.54, 1.807) is 19.2 Å². The molecule has 0 aromatic carbocycles. The number of aromatic nitrogens is 3. The fourth-order valence-electron chi connectivity index (χ4n) is 2.58. The van der Waals surface area contributed by atoms with Crippen molar-refractivity contribution in [2.75, 3.05) is 7.11 Å². The quantitative estimate of drug-likeness (QED) is 0.773. The molecule has 0 fully saturated rings. The third kappa shape index (κ3) is 2.22. The van der Waals surface area contributed by atoms with Crippen LogP contribution in [0.4, 0.5) is 0 Å². The first kappa shape index (κ1) is 13.5. The highest BCUT2D eigenvalue weighted by Crippen LogP contribution is 2.20. The van der Waals surface area contributed by atoms with Crippen molar-refractivity contribution in [3.63, 3.8) is 0 Å². The lowest BCUT2D eigenvalue weighted by molar-refractivity contribution is 0.0600. The third-order valence-electron chi connectivity index (χ3n) is 3.72. The molecule has 0 atom stereocenters. The molecular weight excluding hydrogens is 270 g/mol. The summed E-state index contributed by atoms with van der Waals surface area (Å²) in [5.74, 6) is 0.0851. The van der Waals surface area contributed by atoms with Crippen LogP contribution in [0.15, 0.2) is 23.1 Å². The highest BCUT2D eigenvalue weighted by molar-refractivity contribution is 5.89. The Morgan fingerprint density at radius 3 is 2.81 bits per heavy atom. The number of esters is 1. The number of nitrogens with zero attached hydrogens (tertiary/aromatic N) is 3. The number of hydrogen-bond donors (Lipinski definition) is 0. The largest absolute Gasteiger partial charge is 0.465 e. The van der Waals surface area contributed by atoms with E-state index in [9.17, 15) is 9.59 Å². The summed E-state index contributed by atoms with van der Waals surface area (Å²) in [5.41, 5.74) is 2.61. The van der Waals surface area contributed by atoms with E-state index < -0.39 is 5.97 Å². The summed E-state index contributed by atoms with van der Waals surface area (Å²) in [4.78, 5) is 32.5. The number of rotatable bonds is 2. The maximum Gasteiger partial charge on any atom is 0.339 e. The number of aryl methyl sites for hydroxylation is 1. The molecule has 0 saturated carbocycles. The van der Waals surface area contributed by atoms with Crippen molar-refractivity contribution in [2.24, 2.45) is 7.05 Å². The van der Waals surface area contributed by atoms with Gasteiger partial charge in [-0.25, -0.2) is 9.78 Å². The van der Waals surface area contributed by atoms with E-state index in [4.69, 9.17) is 0 Å². The van der Waals surface area contributed by atoms with Gasteiger partial charge >= 0.3 is 5.97 Å². The number of hydrogen-bond acceptors (Lipinski definition) is 5. The van der Waals surface area contributed by atoms with Crippen molar-refractivity contribution in [2.45, 2.75) is 19.3 Å². The van der Waals surface area contributed by atoms with Gasteiger partial charge in [-0.2, -0.15) is 0 Å². The molecule has 0 amide bonds. The Morgan fingerprint density at radius 2 is 2.14 bits per heavy atom. The van der Waals surface area contributed by atoms with Crippen LogP contribution in [0.5, 0.6) is 0 Å². The molecule has 2 aromatic heterocycles. The standard InChI is InChI=1S/C15H15N3O3/c1-18-13(17-11-5-3-4-10(11)14(18)19)12-7-6-9(8-16-12)15(20)21-2/h6-8H,3-5H2,1-2H3. The molecule has 6 nitrogen and oxygen atoms in total. The van der Waals surface area contributed by atoms with Crippen LogP contribution in [0.2, 0.25) is 0 Å². The maximum absolute atomic E-state index is 12.3. The number of ether oxygens (including phenoxy) is 1. The molecule has 1 aliphatic carbocycles. The molecule has 0 aliphatic heterocycles. The molecule has 0 saturated heterocycles. The average Bonchev–Trinajstić information content (AvgIpc) is 2.99. The minimum Gasteiger partial charge on any atom is -0.465 e. The number of pyridine rings is 1. The second-order valence-corrected chi connectivity index (χ2v) is 5.00. The Balaban J connectivity index is 2.07. The summed E-state index contributed by atoms with van der Waals surface area (Å²) in [6, 6.07) is 3.29. The van der Waals surface area contributed by atoms with Gasteiger partial charge in [0.15, 0.2) is 5.82 Å². The summed E-state index contributed by atoms with van der Waals surface area (Å²) >= 11 is 0. The highest BCUT2D eigenvalue weighted by atomic mass is 16.5. The molecule has 0 spiro atoms. The SMILES string of the molecule is COC(=O)c1ccc(-c2nc3c(c(=O)n2C)CCC3)nc1. The van der Waals surface area contributed by atoms with E-state index in [1.807, 2.05) is 0 Å². The van der Waals surface area contributed by atoms with Crippen LogP contribution in [0.25, 0.3) is 11.5 Å². The molecule has 2 aromatic rings. The van der Waals surface area contributed by atoms with E-state index in [0.29, 0.717) is 17.1 Å². The summed E-state index contributed by atoms with van der Waals surface area (Å²) in [7, 11) is 3.02. The van der Waals surface area contributed by atoms with E-state index in [2.05, 4.69) is 14.7 Å². The van der Waals surface area contributed by atoms with Crippen molar-refractivity contribution in [1.29, 1.82) is 0 Å².